The number of carbonyl (C=O) groups is 2. The third-order valence-corrected chi connectivity index (χ3v) is 4.03. The molecule has 0 radical (unpaired) electrons. The molecule has 0 saturated carbocycles. The van der Waals surface area contributed by atoms with E-state index in [1.165, 1.54) is 4.90 Å². The van der Waals surface area contributed by atoms with Gasteiger partial charge in [-0.15, -0.1) is 0 Å². The van der Waals surface area contributed by atoms with Crippen molar-refractivity contribution in [1.29, 1.82) is 0 Å². The minimum absolute atomic E-state index is 0.220. The first-order chi connectivity index (χ1) is 9.44. The third kappa shape index (κ3) is 3.87. The highest BCUT2D eigenvalue weighted by Crippen LogP contribution is 2.34. The summed E-state index contributed by atoms with van der Waals surface area (Å²) in [7, 11) is 0. The van der Waals surface area contributed by atoms with E-state index in [-0.39, 0.29) is 6.03 Å². The molecule has 5 nitrogen and oxygen atoms in total. The number of aliphatic carboxylic acids is 1. The highest BCUT2D eigenvalue weighted by Gasteiger charge is 2.49. The van der Waals surface area contributed by atoms with Gasteiger partial charge in [0, 0.05) is 13.1 Å². The number of amides is 2. The number of nitrogens with one attached hydrogen (secondary N) is 1. The van der Waals surface area contributed by atoms with Crippen molar-refractivity contribution in [2.45, 2.75) is 64.8 Å². The number of urea groups is 1. The van der Waals surface area contributed by atoms with E-state index in [0.29, 0.717) is 31.8 Å². The summed E-state index contributed by atoms with van der Waals surface area (Å²) in [5, 5.41) is 12.4. The molecule has 2 amide bonds. The van der Waals surface area contributed by atoms with Crippen LogP contribution in [0.2, 0.25) is 0 Å². The molecule has 0 bridgehead atoms. The van der Waals surface area contributed by atoms with E-state index < -0.39 is 11.5 Å². The zero-order chi connectivity index (χ0) is 15.2. The molecule has 1 aliphatic rings. The zero-order valence-electron chi connectivity index (χ0n) is 12.9. The van der Waals surface area contributed by atoms with Crippen LogP contribution in [0.4, 0.5) is 4.79 Å². The lowest BCUT2D eigenvalue weighted by molar-refractivity contribution is -0.148. The molecular formula is C15H28N2O3. The molecule has 116 valence electrons. The molecule has 1 fully saturated rings. The Hall–Kier alpha value is -1.26. The van der Waals surface area contributed by atoms with Crippen molar-refractivity contribution in [3.05, 3.63) is 0 Å². The molecule has 2 N–H and O–H groups in total. The van der Waals surface area contributed by atoms with Crippen LogP contribution in [0.15, 0.2) is 0 Å². The second-order valence-corrected chi connectivity index (χ2v) is 6.11. The number of nitrogens with zero attached hydrogens (tertiary/aromatic N) is 1. The summed E-state index contributed by atoms with van der Waals surface area (Å²) in [4.78, 5) is 25.4. The third-order valence-electron chi connectivity index (χ3n) is 4.03. The molecule has 0 aliphatic carbocycles. The molecule has 0 aromatic carbocycles. The van der Waals surface area contributed by atoms with Crippen LogP contribution in [0.5, 0.6) is 0 Å². The molecule has 0 aromatic heterocycles. The highest BCUT2D eigenvalue weighted by molar-refractivity contribution is 5.87. The minimum Gasteiger partial charge on any atom is -0.479 e. The first-order valence-electron chi connectivity index (χ1n) is 7.73. The number of carboxylic acids is 1. The number of rotatable bonds is 7. The summed E-state index contributed by atoms with van der Waals surface area (Å²) in [6.45, 7) is 7.43. The van der Waals surface area contributed by atoms with Crippen LogP contribution < -0.4 is 5.32 Å². The predicted octanol–water partition coefficient (Wildman–Crippen LogP) is 2.85. The largest absolute Gasteiger partial charge is 0.479 e. The van der Waals surface area contributed by atoms with Gasteiger partial charge in [0.2, 0.25) is 0 Å². The Balaban J connectivity index is 2.58. The number of likely N-dealkylation sites (tertiary alicyclic amines) is 1. The molecule has 0 spiro atoms. The fourth-order valence-electron chi connectivity index (χ4n) is 2.98. The van der Waals surface area contributed by atoms with Crippen LogP contribution in [0.25, 0.3) is 0 Å². The number of hydrogen-bond donors (Lipinski definition) is 2. The smallest absolute Gasteiger partial charge is 0.329 e. The van der Waals surface area contributed by atoms with Crippen LogP contribution in [0.1, 0.15) is 59.3 Å². The summed E-state index contributed by atoms with van der Waals surface area (Å²) >= 11 is 0. The molecule has 5 heteroatoms. The second-order valence-electron chi connectivity index (χ2n) is 6.11. The Labute approximate surface area is 121 Å². The van der Waals surface area contributed by atoms with Gasteiger partial charge in [0.25, 0.3) is 0 Å². The molecule has 1 unspecified atom stereocenters. The normalized spacial score (nSPS) is 22.3. The Bertz CT molecular complexity index is 344. The fourth-order valence-corrected chi connectivity index (χ4v) is 2.98. The van der Waals surface area contributed by atoms with E-state index in [1.807, 2.05) is 6.92 Å². The van der Waals surface area contributed by atoms with Gasteiger partial charge in [0.1, 0.15) is 5.54 Å². The Morgan fingerprint density at radius 3 is 2.65 bits per heavy atom. The standard InChI is InChI=1S/C15H28N2O3/c1-4-8-15(13(18)19)9-6-11-17(15)14(20)16-10-5-7-12(2)3/h12H,4-11H2,1-3H3,(H,16,20)(H,18,19). The predicted molar refractivity (Wildman–Crippen MR) is 78.7 cm³/mol. The summed E-state index contributed by atoms with van der Waals surface area (Å²) < 4.78 is 0. The van der Waals surface area contributed by atoms with Gasteiger partial charge in [-0.1, -0.05) is 27.2 Å². The number of hydrogen-bond acceptors (Lipinski definition) is 2. The molecule has 1 saturated heterocycles. The maximum absolute atomic E-state index is 12.2. The Kier molecular flexibility index (Phi) is 6.30. The topological polar surface area (TPSA) is 69.6 Å². The first-order valence-corrected chi connectivity index (χ1v) is 7.73. The van der Waals surface area contributed by atoms with E-state index in [1.54, 1.807) is 0 Å². The molecule has 1 atom stereocenters. The van der Waals surface area contributed by atoms with E-state index in [4.69, 9.17) is 0 Å². The lowest BCUT2D eigenvalue weighted by atomic mass is 9.91. The van der Waals surface area contributed by atoms with E-state index >= 15 is 0 Å². The van der Waals surface area contributed by atoms with Crippen LogP contribution in [0.3, 0.4) is 0 Å². The SMILES string of the molecule is CCCC1(C(=O)O)CCCN1C(=O)NCCCC(C)C. The lowest BCUT2D eigenvalue weighted by Crippen LogP contribution is -2.56. The summed E-state index contributed by atoms with van der Waals surface area (Å²) in [5.74, 6) is -0.244. The maximum Gasteiger partial charge on any atom is 0.329 e. The van der Waals surface area contributed by atoms with Crippen LogP contribution >= 0.6 is 0 Å². The molecular weight excluding hydrogens is 256 g/mol. The van der Waals surface area contributed by atoms with Gasteiger partial charge in [-0.2, -0.15) is 0 Å². The van der Waals surface area contributed by atoms with Gasteiger partial charge in [-0.3, -0.25) is 0 Å². The zero-order valence-corrected chi connectivity index (χ0v) is 12.9. The van der Waals surface area contributed by atoms with Gasteiger partial charge in [-0.05, 0) is 38.0 Å². The lowest BCUT2D eigenvalue weighted by Gasteiger charge is -2.34. The molecule has 20 heavy (non-hydrogen) atoms. The van der Waals surface area contributed by atoms with Gasteiger partial charge >= 0.3 is 12.0 Å². The van der Waals surface area contributed by atoms with Crippen molar-refractivity contribution < 1.29 is 14.7 Å². The van der Waals surface area contributed by atoms with Gasteiger partial charge in [0.05, 0.1) is 0 Å². The monoisotopic (exact) mass is 284 g/mol. The van der Waals surface area contributed by atoms with Gasteiger partial charge in [0.15, 0.2) is 0 Å². The summed E-state index contributed by atoms with van der Waals surface area (Å²) in [6.07, 6.45) is 4.64. The summed E-state index contributed by atoms with van der Waals surface area (Å²) in [6, 6.07) is -0.220. The fraction of sp³-hybridized carbons (Fsp3) is 0.867. The Morgan fingerprint density at radius 2 is 2.10 bits per heavy atom. The van der Waals surface area contributed by atoms with Crippen LogP contribution in [-0.4, -0.2) is 40.6 Å². The first kappa shape index (κ1) is 16.8. The molecule has 1 aliphatic heterocycles. The van der Waals surface area contributed by atoms with Crippen molar-refractivity contribution in [1.82, 2.24) is 10.2 Å². The van der Waals surface area contributed by atoms with Crippen LogP contribution in [0, 0.1) is 5.92 Å². The van der Waals surface area contributed by atoms with Crippen molar-refractivity contribution in [3.8, 4) is 0 Å². The van der Waals surface area contributed by atoms with Crippen LogP contribution in [-0.2, 0) is 4.79 Å². The van der Waals surface area contributed by atoms with Gasteiger partial charge in [-0.25, -0.2) is 9.59 Å². The van der Waals surface area contributed by atoms with Crippen molar-refractivity contribution in [2.75, 3.05) is 13.1 Å². The average Bonchev–Trinajstić information content (AvgIpc) is 2.79. The number of carbonyl (C=O) groups excluding carboxylic acids is 1. The summed E-state index contributed by atoms with van der Waals surface area (Å²) in [5.41, 5.74) is -0.989. The van der Waals surface area contributed by atoms with E-state index in [9.17, 15) is 14.7 Å². The molecule has 0 aromatic rings. The molecule has 1 heterocycles. The quantitative estimate of drug-likeness (QED) is 0.706. The second kappa shape index (κ2) is 7.50. The number of carboxylic acid groups (broad SMARTS) is 1. The van der Waals surface area contributed by atoms with E-state index in [0.717, 1.165) is 25.7 Å². The Morgan fingerprint density at radius 1 is 1.40 bits per heavy atom. The molecule has 1 rings (SSSR count). The van der Waals surface area contributed by atoms with Gasteiger partial charge < -0.3 is 15.3 Å². The van der Waals surface area contributed by atoms with Crippen molar-refractivity contribution in [2.24, 2.45) is 5.92 Å². The average molecular weight is 284 g/mol. The highest BCUT2D eigenvalue weighted by atomic mass is 16.4. The van der Waals surface area contributed by atoms with Crippen molar-refractivity contribution in [3.63, 3.8) is 0 Å². The van der Waals surface area contributed by atoms with Crippen molar-refractivity contribution >= 4 is 12.0 Å². The minimum atomic E-state index is -0.989. The van der Waals surface area contributed by atoms with E-state index in [2.05, 4.69) is 19.2 Å². The maximum atomic E-state index is 12.2.